The highest BCUT2D eigenvalue weighted by molar-refractivity contribution is 6.92. The number of amides is 1. The van der Waals surface area contributed by atoms with E-state index in [0.29, 0.717) is 13.1 Å². The first-order chi connectivity index (χ1) is 12.1. The molecule has 1 saturated heterocycles. The van der Waals surface area contributed by atoms with Crippen molar-refractivity contribution in [1.29, 1.82) is 0 Å². The van der Waals surface area contributed by atoms with Gasteiger partial charge in [0.1, 0.15) is 6.61 Å². The Labute approximate surface area is 158 Å². The van der Waals surface area contributed by atoms with E-state index in [9.17, 15) is 9.90 Å². The maximum Gasteiger partial charge on any atom is 0.441 e. The van der Waals surface area contributed by atoms with Crippen LogP contribution in [0.4, 0.5) is 4.79 Å². The number of carbonyl (C=O) groups is 1. The molecule has 146 valence electrons. The number of carbonyl (C=O) groups excluding carboxylic acids is 1. The molecule has 1 unspecified atom stereocenters. The van der Waals surface area contributed by atoms with Crippen LogP contribution in [0, 0.1) is 5.92 Å². The van der Waals surface area contributed by atoms with Crippen molar-refractivity contribution in [2.24, 2.45) is 5.92 Å². The zero-order valence-corrected chi connectivity index (χ0v) is 17.7. The molecule has 1 aromatic rings. The number of hydrogen-bond donors (Lipinski definition) is 1. The smallest absolute Gasteiger partial charge is 0.396 e. The Hall–Kier alpha value is -1.37. The summed E-state index contributed by atoms with van der Waals surface area (Å²) in [5.74, 6) is 0.137. The molecule has 26 heavy (non-hydrogen) atoms. The lowest BCUT2D eigenvalue weighted by Crippen LogP contribution is -2.49. The third-order valence-corrected chi connectivity index (χ3v) is 11.4. The van der Waals surface area contributed by atoms with Gasteiger partial charge in [0.2, 0.25) is 0 Å². The zero-order valence-electron chi connectivity index (χ0n) is 16.7. The first-order valence-electron chi connectivity index (χ1n) is 9.44. The van der Waals surface area contributed by atoms with Crippen molar-refractivity contribution >= 4 is 19.4 Å². The Morgan fingerprint density at radius 2 is 2.08 bits per heavy atom. The lowest BCUT2D eigenvalue weighted by atomic mass is 10.00. The summed E-state index contributed by atoms with van der Waals surface area (Å²) < 4.78 is 0. The minimum absolute atomic E-state index is 0.102. The molecule has 1 aliphatic heterocycles. The quantitative estimate of drug-likeness (QED) is 0.482. The maximum absolute atomic E-state index is 12.1. The third-order valence-electron chi connectivity index (χ3n) is 5.91. The lowest BCUT2D eigenvalue weighted by Gasteiger charge is -2.37. The van der Waals surface area contributed by atoms with Crippen LogP contribution in [0.25, 0.3) is 0 Å². The van der Waals surface area contributed by atoms with Crippen molar-refractivity contribution in [2.45, 2.75) is 58.4 Å². The first kappa shape index (κ1) is 20.9. The first-order valence-corrected chi connectivity index (χ1v) is 12.4. The van der Waals surface area contributed by atoms with E-state index in [1.54, 1.807) is 4.90 Å². The zero-order chi connectivity index (χ0) is 19.4. The van der Waals surface area contributed by atoms with Crippen LogP contribution in [0.3, 0.4) is 0 Å². The summed E-state index contributed by atoms with van der Waals surface area (Å²) in [5, 5.41) is 10.9. The van der Waals surface area contributed by atoms with Gasteiger partial charge in [-0.05, 0) is 29.4 Å². The lowest BCUT2D eigenvalue weighted by molar-refractivity contribution is -0.256. The van der Waals surface area contributed by atoms with Crippen molar-refractivity contribution in [1.82, 2.24) is 4.90 Å². The van der Waals surface area contributed by atoms with E-state index >= 15 is 0 Å². The Morgan fingerprint density at radius 1 is 1.35 bits per heavy atom. The standard InChI is InChI=1S/C20H33NO4Si/c1-20(2,3)26(4,5)18-10-6-8-16(12-18)15-24-25-19(23)21-11-7-9-17(13-21)14-22/h6,8,10,12,17,22H,7,9,11,13-15H2,1-5H3. The van der Waals surface area contributed by atoms with Gasteiger partial charge in [-0.2, -0.15) is 4.89 Å². The number of rotatable bonds is 5. The van der Waals surface area contributed by atoms with E-state index in [-0.39, 0.29) is 24.2 Å². The second kappa shape index (κ2) is 8.54. The van der Waals surface area contributed by atoms with Gasteiger partial charge < -0.3 is 10.0 Å². The molecular formula is C20H33NO4Si. The van der Waals surface area contributed by atoms with Crippen molar-refractivity contribution < 1.29 is 19.7 Å². The van der Waals surface area contributed by atoms with Gasteiger partial charge in [0, 0.05) is 19.7 Å². The molecule has 1 N–H and O–H groups in total. The summed E-state index contributed by atoms with van der Waals surface area (Å²) in [4.78, 5) is 23.9. The third kappa shape index (κ3) is 5.08. The topological polar surface area (TPSA) is 59.0 Å². The van der Waals surface area contributed by atoms with E-state index in [2.05, 4.69) is 46.0 Å². The van der Waals surface area contributed by atoms with Crippen molar-refractivity contribution in [2.75, 3.05) is 19.7 Å². The van der Waals surface area contributed by atoms with Crippen LogP contribution in [0.5, 0.6) is 0 Å². The maximum atomic E-state index is 12.1. The largest absolute Gasteiger partial charge is 0.441 e. The molecule has 0 aromatic heterocycles. The molecule has 1 heterocycles. The Balaban J connectivity index is 1.90. The molecular weight excluding hydrogens is 346 g/mol. The minimum Gasteiger partial charge on any atom is -0.396 e. The molecule has 2 rings (SSSR count). The monoisotopic (exact) mass is 379 g/mol. The number of nitrogens with zero attached hydrogens (tertiary/aromatic N) is 1. The van der Waals surface area contributed by atoms with Gasteiger partial charge >= 0.3 is 6.09 Å². The number of aliphatic hydroxyl groups is 1. The van der Waals surface area contributed by atoms with E-state index in [4.69, 9.17) is 9.78 Å². The number of hydrogen-bond acceptors (Lipinski definition) is 4. The Morgan fingerprint density at radius 3 is 2.73 bits per heavy atom. The minimum atomic E-state index is -1.61. The summed E-state index contributed by atoms with van der Waals surface area (Å²) >= 11 is 0. The summed E-state index contributed by atoms with van der Waals surface area (Å²) in [6.45, 7) is 13.2. The van der Waals surface area contributed by atoms with Gasteiger partial charge in [0.15, 0.2) is 0 Å². The number of likely N-dealkylation sites (tertiary alicyclic amines) is 1. The van der Waals surface area contributed by atoms with Gasteiger partial charge in [-0.25, -0.2) is 4.79 Å². The Kier molecular flexibility index (Phi) is 6.88. The molecule has 5 nitrogen and oxygen atoms in total. The van der Waals surface area contributed by atoms with Gasteiger partial charge in [-0.1, -0.05) is 63.3 Å². The van der Waals surface area contributed by atoms with Gasteiger partial charge in [0.25, 0.3) is 0 Å². The van der Waals surface area contributed by atoms with E-state index in [1.165, 1.54) is 5.19 Å². The van der Waals surface area contributed by atoms with Crippen LogP contribution in [0.15, 0.2) is 24.3 Å². The Bertz CT molecular complexity index is 612. The van der Waals surface area contributed by atoms with Crippen LogP contribution < -0.4 is 5.19 Å². The molecule has 1 aromatic carbocycles. The van der Waals surface area contributed by atoms with E-state index < -0.39 is 14.2 Å². The number of benzene rings is 1. The normalized spacial score (nSPS) is 18.7. The highest BCUT2D eigenvalue weighted by atomic mass is 28.3. The van der Waals surface area contributed by atoms with E-state index in [1.807, 2.05) is 12.1 Å². The molecule has 1 fully saturated rings. The summed E-state index contributed by atoms with van der Waals surface area (Å²) in [5.41, 5.74) is 1.01. The van der Waals surface area contributed by atoms with Gasteiger partial charge in [0.05, 0.1) is 8.07 Å². The average Bonchev–Trinajstić information content (AvgIpc) is 2.61. The van der Waals surface area contributed by atoms with Crippen LogP contribution in [0.2, 0.25) is 18.1 Å². The molecule has 0 bridgehead atoms. The van der Waals surface area contributed by atoms with Crippen molar-refractivity contribution in [3.05, 3.63) is 29.8 Å². The average molecular weight is 380 g/mol. The van der Waals surface area contributed by atoms with Crippen LogP contribution >= 0.6 is 0 Å². The number of aliphatic hydroxyl groups excluding tert-OH is 1. The van der Waals surface area contributed by atoms with Gasteiger partial charge in [-0.3, -0.25) is 4.89 Å². The van der Waals surface area contributed by atoms with E-state index in [0.717, 1.165) is 18.4 Å². The predicted octanol–water partition coefficient (Wildman–Crippen LogP) is 3.67. The second-order valence-corrected chi connectivity index (χ2v) is 14.2. The van der Waals surface area contributed by atoms with Crippen molar-refractivity contribution in [3.63, 3.8) is 0 Å². The molecule has 1 amide bonds. The highest BCUT2D eigenvalue weighted by Crippen LogP contribution is 2.35. The van der Waals surface area contributed by atoms with Crippen LogP contribution in [-0.4, -0.2) is 43.9 Å². The van der Waals surface area contributed by atoms with Gasteiger partial charge in [-0.15, -0.1) is 0 Å². The van der Waals surface area contributed by atoms with Crippen LogP contribution in [0.1, 0.15) is 39.2 Å². The number of piperidine rings is 1. The molecule has 6 heteroatoms. The molecule has 0 radical (unpaired) electrons. The second-order valence-electron chi connectivity index (χ2n) is 8.82. The fraction of sp³-hybridized carbons (Fsp3) is 0.650. The fourth-order valence-electron chi connectivity index (χ4n) is 3.06. The summed E-state index contributed by atoms with van der Waals surface area (Å²) in [6, 6.07) is 8.41. The SMILES string of the molecule is CC(C)(C)[Si](C)(C)c1cccc(COOC(=O)N2CCCC(CO)C2)c1. The fourth-order valence-corrected chi connectivity index (χ4v) is 4.99. The summed E-state index contributed by atoms with van der Waals surface area (Å²) in [6.07, 6.45) is 1.36. The summed E-state index contributed by atoms with van der Waals surface area (Å²) in [7, 11) is -1.61. The predicted molar refractivity (Wildman–Crippen MR) is 106 cm³/mol. The molecule has 0 spiro atoms. The molecule has 1 aliphatic rings. The molecule has 0 saturated carbocycles. The van der Waals surface area contributed by atoms with Crippen LogP contribution in [-0.2, 0) is 16.4 Å². The van der Waals surface area contributed by atoms with Crippen molar-refractivity contribution in [3.8, 4) is 0 Å². The highest BCUT2D eigenvalue weighted by Gasteiger charge is 2.36. The molecule has 0 aliphatic carbocycles. The molecule has 1 atom stereocenters.